The van der Waals surface area contributed by atoms with Gasteiger partial charge >= 0.3 is 0 Å². The normalized spacial score (nSPS) is 12.7. The third-order valence-corrected chi connectivity index (χ3v) is 5.07. The number of nitrogens with one attached hydrogen (secondary N) is 1. The molecule has 0 fully saturated rings. The van der Waals surface area contributed by atoms with Gasteiger partial charge in [-0.1, -0.05) is 30.3 Å². The Balaban J connectivity index is 2.25. The molecule has 0 bridgehead atoms. The first kappa shape index (κ1) is 17.2. The number of methoxy groups -OCH3 is 1. The highest BCUT2D eigenvalue weighted by atomic mass is 32.2. The van der Waals surface area contributed by atoms with Gasteiger partial charge in [0.05, 0.1) is 12.0 Å². The number of ether oxygens (including phenoxy) is 1. The van der Waals surface area contributed by atoms with E-state index in [-0.39, 0.29) is 10.7 Å². The van der Waals surface area contributed by atoms with E-state index in [1.165, 1.54) is 31.2 Å². The second kappa shape index (κ2) is 6.93. The maximum absolute atomic E-state index is 12.5. The van der Waals surface area contributed by atoms with Crippen molar-refractivity contribution in [1.82, 2.24) is 4.72 Å². The molecule has 0 aliphatic heterocycles. The van der Waals surface area contributed by atoms with Crippen LogP contribution >= 0.6 is 0 Å². The molecule has 23 heavy (non-hydrogen) atoms. The number of sulfonamides is 1. The Morgan fingerprint density at radius 2 is 1.70 bits per heavy atom. The number of ketones is 1. The van der Waals surface area contributed by atoms with Gasteiger partial charge in [-0.05, 0) is 32.0 Å². The van der Waals surface area contributed by atoms with E-state index in [2.05, 4.69) is 4.72 Å². The molecule has 1 atom stereocenters. The van der Waals surface area contributed by atoms with Crippen LogP contribution in [0.15, 0.2) is 53.4 Å². The number of Topliss-reactive ketones (excluding diaryl/α,β-unsaturated/α-hetero) is 1. The average molecular weight is 333 g/mol. The zero-order chi connectivity index (χ0) is 17.0. The lowest BCUT2D eigenvalue weighted by atomic mass is 10.1. The van der Waals surface area contributed by atoms with Crippen LogP contribution in [0, 0.1) is 0 Å². The summed E-state index contributed by atoms with van der Waals surface area (Å²) in [5.41, 5.74) is 1.22. The Morgan fingerprint density at radius 1 is 1.09 bits per heavy atom. The summed E-state index contributed by atoms with van der Waals surface area (Å²) in [7, 11) is -2.15. The van der Waals surface area contributed by atoms with E-state index in [9.17, 15) is 13.2 Å². The third-order valence-electron chi connectivity index (χ3n) is 3.51. The van der Waals surface area contributed by atoms with Gasteiger partial charge < -0.3 is 4.74 Å². The smallest absolute Gasteiger partial charge is 0.241 e. The van der Waals surface area contributed by atoms with E-state index in [1.807, 2.05) is 18.2 Å². The molecule has 6 heteroatoms. The highest BCUT2D eigenvalue weighted by Gasteiger charge is 2.20. The van der Waals surface area contributed by atoms with E-state index >= 15 is 0 Å². The second-order valence-electron chi connectivity index (χ2n) is 5.17. The summed E-state index contributed by atoms with van der Waals surface area (Å²) >= 11 is 0. The van der Waals surface area contributed by atoms with Gasteiger partial charge in [0, 0.05) is 17.2 Å². The van der Waals surface area contributed by atoms with Crippen molar-refractivity contribution in [3.05, 3.63) is 59.7 Å². The van der Waals surface area contributed by atoms with Crippen LogP contribution in [0.3, 0.4) is 0 Å². The maximum Gasteiger partial charge on any atom is 0.241 e. The van der Waals surface area contributed by atoms with E-state index < -0.39 is 16.1 Å². The molecular weight excluding hydrogens is 314 g/mol. The monoisotopic (exact) mass is 333 g/mol. The van der Waals surface area contributed by atoms with E-state index in [1.54, 1.807) is 20.1 Å². The first-order chi connectivity index (χ1) is 10.8. The number of benzene rings is 2. The van der Waals surface area contributed by atoms with Crippen LogP contribution in [-0.2, 0) is 10.0 Å². The molecule has 0 aromatic heterocycles. The average Bonchev–Trinajstić information content (AvgIpc) is 2.54. The van der Waals surface area contributed by atoms with Crippen molar-refractivity contribution in [2.75, 3.05) is 7.11 Å². The van der Waals surface area contributed by atoms with Crippen molar-refractivity contribution in [1.29, 1.82) is 0 Å². The molecule has 0 aliphatic rings. The largest absolute Gasteiger partial charge is 0.496 e. The van der Waals surface area contributed by atoms with Crippen molar-refractivity contribution in [2.24, 2.45) is 0 Å². The van der Waals surface area contributed by atoms with Crippen LogP contribution in [0.25, 0.3) is 0 Å². The first-order valence-electron chi connectivity index (χ1n) is 7.11. The number of carbonyl (C=O) groups is 1. The highest BCUT2D eigenvalue weighted by molar-refractivity contribution is 7.89. The number of rotatable bonds is 6. The van der Waals surface area contributed by atoms with Gasteiger partial charge in [-0.25, -0.2) is 13.1 Å². The fourth-order valence-corrected chi connectivity index (χ4v) is 3.48. The van der Waals surface area contributed by atoms with Crippen LogP contribution in [0.5, 0.6) is 5.75 Å². The Bertz CT molecular complexity index is 798. The van der Waals surface area contributed by atoms with Gasteiger partial charge in [-0.2, -0.15) is 0 Å². The molecule has 0 radical (unpaired) electrons. The molecule has 122 valence electrons. The standard InChI is InChI=1S/C17H19NO4S/c1-12(16-6-4-5-7-17(16)22-3)18-23(20,21)15-10-8-14(9-11-15)13(2)19/h4-12,18H,1-3H3. The van der Waals surface area contributed by atoms with Crippen molar-refractivity contribution < 1.29 is 17.9 Å². The number of para-hydroxylation sites is 1. The Morgan fingerprint density at radius 3 is 2.26 bits per heavy atom. The molecule has 1 unspecified atom stereocenters. The van der Waals surface area contributed by atoms with Crippen molar-refractivity contribution in [2.45, 2.75) is 24.8 Å². The zero-order valence-corrected chi connectivity index (χ0v) is 14.1. The first-order valence-corrected chi connectivity index (χ1v) is 8.59. The minimum absolute atomic E-state index is 0.107. The van der Waals surface area contributed by atoms with Crippen LogP contribution in [0.2, 0.25) is 0 Å². The molecule has 0 saturated heterocycles. The lowest BCUT2D eigenvalue weighted by Gasteiger charge is -2.17. The fourth-order valence-electron chi connectivity index (χ4n) is 2.26. The summed E-state index contributed by atoms with van der Waals surface area (Å²) in [6.07, 6.45) is 0. The quantitative estimate of drug-likeness (QED) is 0.825. The van der Waals surface area contributed by atoms with Crippen LogP contribution < -0.4 is 9.46 Å². The Labute approximate surface area is 136 Å². The lowest BCUT2D eigenvalue weighted by molar-refractivity contribution is 0.101. The molecule has 1 N–H and O–H groups in total. The van der Waals surface area contributed by atoms with Crippen molar-refractivity contribution in [3.63, 3.8) is 0 Å². The van der Waals surface area contributed by atoms with Crippen molar-refractivity contribution >= 4 is 15.8 Å². The van der Waals surface area contributed by atoms with Crippen LogP contribution in [-0.4, -0.2) is 21.3 Å². The molecule has 0 aliphatic carbocycles. The van der Waals surface area contributed by atoms with Gasteiger partial charge in [0.15, 0.2) is 5.78 Å². The lowest BCUT2D eigenvalue weighted by Crippen LogP contribution is -2.27. The highest BCUT2D eigenvalue weighted by Crippen LogP contribution is 2.25. The molecule has 0 saturated carbocycles. The van der Waals surface area contributed by atoms with Gasteiger partial charge in [-0.3, -0.25) is 4.79 Å². The maximum atomic E-state index is 12.5. The van der Waals surface area contributed by atoms with E-state index in [0.717, 1.165) is 5.56 Å². The number of hydrogen-bond donors (Lipinski definition) is 1. The molecule has 5 nitrogen and oxygen atoms in total. The predicted octanol–water partition coefficient (Wildman–Crippen LogP) is 2.94. The molecule has 2 rings (SSSR count). The molecule has 0 spiro atoms. The summed E-state index contributed by atoms with van der Waals surface area (Å²) < 4.78 is 32.8. The Hall–Kier alpha value is -2.18. The topological polar surface area (TPSA) is 72.5 Å². The summed E-state index contributed by atoms with van der Waals surface area (Å²) in [5, 5.41) is 0. The van der Waals surface area contributed by atoms with Gasteiger partial charge in [0.2, 0.25) is 10.0 Å². The van der Waals surface area contributed by atoms with E-state index in [4.69, 9.17) is 4.74 Å². The Kier molecular flexibility index (Phi) is 5.18. The van der Waals surface area contributed by atoms with Gasteiger partial charge in [0.25, 0.3) is 0 Å². The molecule has 0 amide bonds. The van der Waals surface area contributed by atoms with Crippen LogP contribution in [0.4, 0.5) is 0 Å². The summed E-state index contributed by atoms with van der Waals surface area (Å²) in [4.78, 5) is 11.4. The zero-order valence-electron chi connectivity index (χ0n) is 13.2. The minimum Gasteiger partial charge on any atom is -0.496 e. The summed E-state index contributed by atoms with van der Waals surface area (Å²) in [6.45, 7) is 3.19. The second-order valence-corrected chi connectivity index (χ2v) is 6.88. The molecule has 2 aromatic rings. The summed E-state index contributed by atoms with van der Waals surface area (Å²) in [5.74, 6) is 0.513. The SMILES string of the molecule is COc1ccccc1C(C)NS(=O)(=O)c1ccc(C(C)=O)cc1. The molecule has 0 heterocycles. The van der Waals surface area contributed by atoms with Crippen LogP contribution in [0.1, 0.15) is 35.8 Å². The predicted molar refractivity (Wildman–Crippen MR) is 88.2 cm³/mol. The molecular formula is C17H19NO4S. The van der Waals surface area contributed by atoms with Gasteiger partial charge in [-0.15, -0.1) is 0 Å². The molecule has 2 aromatic carbocycles. The minimum atomic E-state index is -3.69. The van der Waals surface area contributed by atoms with E-state index in [0.29, 0.717) is 11.3 Å². The van der Waals surface area contributed by atoms with Gasteiger partial charge in [0.1, 0.15) is 5.75 Å². The number of hydrogen-bond acceptors (Lipinski definition) is 4. The summed E-state index contributed by atoms with van der Waals surface area (Å²) in [6, 6.07) is 12.6. The third kappa shape index (κ3) is 3.97. The number of carbonyl (C=O) groups excluding carboxylic acids is 1. The van der Waals surface area contributed by atoms with Crippen molar-refractivity contribution in [3.8, 4) is 5.75 Å². The fraction of sp³-hybridized carbons (Fsp3) is 0.235.